The van der Waals surface area contributed by atoms with Gasteiger partial charge >= 0.3 is 0 Å². The summed E-state index contributed by atoms with van der Waals surface area (Å²) >= 11 is 0. The highest BCUT2D eigenvalue weighted by Gasteiger charge is 2.45. The summed E-state index contributed by atoms with van der Waals surface area (Å²) in [6.45, 7) is 0.945. The molecule has 1 saturated heterocycles. The van der Waals surface area contributed by atoms with Crippen LogP contribution in [0.25, 0.3) is 0 Å². The van der Waals surface area contributed by atoms with Crippen LogP contribution in [0.5, 0.6) is 0 Å². The smallest absolute Gasteiger partial charge is 0.264 e. The van der Waals surface area contributed by atoms with Crippen LogP contribution in [0.15, 0.2) is 18.2 Å². The Balaban J connectivity index is 1.56. The number of hydrogen-bond acceptors (Lipinski definition) is 6. The lowest BCUT2D eigenvalue weighted by atomic mass is 10.0. The summed E-state index contributed by atoms with van der Waals surface area (Å²) in [7, 11) is 0. The van der Waals surface area contributed by atoms with Gasteiger partial charge in [0.25, 0.3) is 11.8 Å². The van der Waals surface area contributed by atoms with Gasteiger partial charge in [0.1, 0.15) is 6.04 Å². The zero-order chi connectivity index (χ0) is 21.5. The van der Waals surface area contributed by atoms with Crippen LogP contribution in [0.4, 0.5) is 5.69 Å². The molecule has 30 heavy (non-hydrogen) atoms. The molecule has 4 amide bonds. The van der Waals surface area contributed by atoms with Gasteiger partial charge in [0.15, 0.2) is 0 Å². The number of rotatable bonds is 11. The number of nitrogens with one attached hydrogen (secondary N) is 2. The van der Waals surface area contributed by atoms with Crippen LogP contribution >= 0.6 is 0 Å². The highest BCUT2D eigenvalue weighted by atomic mass is 16.3. The van der Waals surface area contributed by atoms with Gasteiger partial charge in [0.2, 0.25) is 11.8 Å². The van der Waals surface area contributed by atoms with Crippen LogP contribution < -0.4 is 10.6 Å². The summed E-state index contributed by atoms with van der Waals surface area (Å²) < 4.78 is 0. The molecule has 1 aromatic rings. The number of benzene rings is 1. The van der Waals surface area contributed by atoms with Crippen molar-refractivity contribution in [2.75, 3.05) is 18.5 Å². The average Bonchev–Trinajstić information content (AvgIpc) is 2.98. The first-order chi connectivity index (χ1) is 14.5. The van der Waals surface area contributed by atoms with Crippen molar-refractivity contribution in [1.29, 1.82) is 0 Å². The molecule has 0 aromatic heterocycles. The Labute approximate surface area is 176 Å². The monoisotopic (exact) mass is 415 g/mol. The highest BCUT2D eigenvalue weighted by Crippen LogP contribution is 2.32. The van der Waals surface area contributed by atoms with Crippen molar-refractivity contribution in [3.05, 3.63) is 29.3 Å². The fraction of sp³-hybridized carbons (Fsp3) is 0.545. The van der Waals surface area contributed by atoms with Crippen LogP contribution in [0.3, 0.4) is 0 Å². The van der Waals surface area contributed by atoms with Crippen LogP contribution in [-0.2, 0) is 9.59 Å². The van der Waals surface area contributed by atoms with Gasteiger partial charge in [-0.15, -0.1) is 0 Å². The molecule has 162 valence electrons. The number of carbonyl (C=O) groups excluding carboxylic acids is 4. The number of piperidine rings is 1. The van der Waals surface area contributed by atoms with Gasteiger partial charge in [-0.25, -0.2) is 0 Å². The van der Waals surface area contributed by atoms with Crippen LogP contribution in [0, 0.1) is 0 Å². The number of unbranched alkanes of at least 4 members (excludes halogenated alkanes) is 6. The first kappa shape index (κ1) is 22.0. The predicted octanol–water partition coefficient (Wildman–Crippen LogP) is 2.22. The zero-order valence-corrected chi connectivity index (χ0v) is 17.1. The van der Waals surface area contributed by atoms with E-state index in [9.17, 15) is 19.2 Å². The Morgan fingerprint density at radius 3 is 2.37 bits per heavy atom. The zero-order valence-electron chi connectivity index (χ0n) is 17.1. The number of hydrogen-bond donors (Lipinski definition) is 3. The fourth-order valence-electron chi connectivity index (χ4n) is 4.01. The Kier molecular flexibility index (Phi) is 7.57. The number of aliphatic hydroxyl groups is 1. The van der Waals surface area contributed by atoms with Crippen molar-refractivity contribution in [3.63, 3.8) is 0 Å². The van der Waals surface area contributed by atoms with Crippen molar-refractivity contribution in [3.8, 4) is 0 Å². The number of imide groups is 2. The largest absolute Gasteiger partial charge is 0.396 e. The first-order valence-electron chi connectivity index (χ1n) is 10.7. The molecule has 0 aliphatic carbocycles. The van der Waals surface area contributed by atoms with E-state index in [2.05, 4.69) is 10.6 Å². The molecule has 1 aromatic carbocycles. The van der Waals surface area contributed by atoms with Gasteiger partial charge in [-0.1, -0.05) is 38.2 Å². The van der Waals surface area contributed by atoms with Crippen LogP contribution in [0.1, 0.15) is 78.5 Å². The second-order valence-electron chi connectivity index (χ2n) is 7.80. The molecule has 2 aliphatic rings. The molecule has 0 saturated carbocycles. The SMILES string of the molecule is O=C1CCC(N2C(=O)c3cccc(NCCCCCCCCCO)c3C2=O)C(=O)N1. The predicted molar refractivity (Wildman–Crippen MR) is 111 cm³/mol. The highest BCUT2D eigenvalue weighted by molar-refractivity contribution is 6.25. The van der Waals surface area contributed by atoms with E-state index in [1.54, 1.807) is 18.2 Å². The lowest BCUT2D eigenvalue weighted by molar-refractivity contribution is -0.136. The average molecular weight is 415 g/mol. The van der Waals surface area contributed by atoms with E-state index >= 15 is 0 Å². The first-order valence-corrected chi connectivity index (χ1v) is 10.7. The van der Waals surface area contributed by atoms with E-state index in [1.165, 1.54) is 0 Å². The number of fused-ring (bicyclic) bond motifs is 1. The summed E-state index contributed by atoms with van der Waals surface area (Å²) in [5.74, 6) is -1.97. The number of anilines is 1. The normalized spacial score (nSPS) is 18.6. The van der Waals surface area contributed by atoms with E-state index in [0.717, 1.165) is 49.8 Å². The standard InChI is InChI=1S/C22H29N3O5/c26-14-7-5-3-1-2-4-6-13-23-16-10-8-9-15-19(16)22(30)25(21(15)29)17-11-12-18(27)24-20(17)28/h8-10,17,23,26H,1-7,11-14H2,(H,24,27,28). The summed E-state index contributed by atoms with van der Waals surface area (Å²) in [5.41, 5.74) is 1.19. The third-order valence-electron chi connectivity index (χ3n) is 5.62. The van der Waals surface area contributed by atoms with Crippen molar-refractivity contribution >= 4 is 29.3 Å². The summed E-state index contributed by atoms with van der Waals surface area (Å²) in [6, 6.07) is 4.14. The number of carbonyl (C=O) groups is 4. The maximum Gasteiger partial charge on any atom is 0.264 e. The second kappa shape index (κ2) is 10.3. The van der Waals surface area contributed by atoms with Gasteiger partial charge in [-0.05, 0) is 31.4 Å². The molecule has 3 N–H and O–H groups in total. The van der Waals surface area contributed by atoms with E-state index in [4.69, 9.17) is 5.11 Å². The number of nitrogens with zero attached hydrogens (tertiary/aromatic N) is 1. The molecule has 8 heteroatoms. The fourth-order valence-corrected chi connectivity index (χ4v) is 4.01. The summed E-state index contributed by atoms with van der Waals surface area (Å²) in [5, 5.41) is 14.2. The third-order valence-corrected chi connectivity index (χ3v) is 5.62. The lowest BCUT2D eigenvalue weighted by Gasteiger charge is -2.27. The third kappa shape index (κ3) is 4.87. The molecule has 1 atom stereocenters. The molecule has 1 unspecified atom stereocenters. The molecule has 0 radical (unpaired) electrons. The van der Waals surface area contributed by atoms with Gasteiger partial charge in [-0.2, -0.15) is 0 Å². The molecule has 2 heterocycles. The van der Waals surface area contributed by atoms with E-state index in [-0.39, 0.29) is 25.4 Å². The van der Waals surface area contributed by atoms with Gasteiger partial charge in [0.05, 0.1) is 11.1 Å². The van der Waals surface area contributed by atoms with E-state index in [0.29, 0.717) is 23.4 Å². The second-order valence-corrected chi connectivity index (χ2v) is 7.80. The van der Waals surface area contributed by atoms with E-state index < -0.39 is 23.8 Å². The van der Waals surface area contributed by atoms with Gasteiger partial charge < -0.3 is 10.4 Å². The van der Waals surface area contributed by atoms with Crippen molar-refractivity contribution in [2.24, 2.45) is 0 Å². The summed E-state index contributed by atoms with van der Waals surface area (Å²) in [6.07, 6.45) is 7.60. The minimum Gasteiger partial charge on any atom is -0.396 e. The molecule has 8 nitrogen and oxygen atoms in total. The Morgan fingerprint density at radius 2 is 1.67 bits per heavy atom. The van der Waals surface area contributed by atoms with Gasteiger partial charge in [-0.3, -0.25) is 29.4 Å². The maximum absolute atomic E-state index is 13.0. The van der Waals surface area contributed by atoms with Crippen molar-refractivity contribution in [1.82, 2.24) is 10.2 Å². The number of aliphatic hydroxyl groups excluding tert-OH is 1. The van der Waals surface area contributed by atoms with E-state index in [1.807, 2.05) is 0 Å². The van der Waals surface area contributed by atoms with Crippen LogP contribution in [0.2, 0.25) is 0 Å². The molecule has 0 spiro atoms. The Morgan fingerprint density at radius 1 is 0.967 bits per heavy atom. The molecule has 3 rings (SSSR count). The van der Waals surface area contributed by atoms with Gasteiger partial charge in [0, 0.05) is 25.3 Å². The summed E-state index contributed by atoms with van der Waals surface area (Å²) in [4.78, 5) is 50.3. The molecular formula is C22H29N3O5. The minimum absolute atomic E-state index is 0.106. The Hall–Kier alpha value is -2.74. The van der Waals surface area contributed by atoms with Crippen molar-refractivity contribution in [2.45, 2.75) is 63.8 Å². The van der Waals surface area contributed by atoms with Crippen molar-refractivity contribution < 1.29 is 24.3 Å². The molecule has 1 fully saturated rings. The maximum atomic E-state index is 13.0. The topological polar surface area (TPSA) is 116 Å². The van der Waals surface area contributed by atoms with Crippen LogP contribution in [-0.4, -0.2) is 52.8 Å². The molecular weight excluding hydrogens is 386 g/mol. The quantitative estimate of drug-likeness (QED) is 0.377. The molecule has 0 bridgehead atoms. The minimum atomic E-state index is -0.950. The number of amides is 4. The molecule has 2 aliphatic heterocycles. The Bertz CT molecular complexity index is 823. The lowest BCUT2D eigenvalue weighted by Crippen LogP contribution is -2.54.